The predicted molar refractivity (Wildman–Crippen MR) is 64.7 cm³/mol. The molecule has 15 heavy (non-hydrogen) atoms. The SMILES string of the molecule is Cc1ncc(C(=O)NC2(CBr)CCC2)s1. The number of hydrogen-bond donors (Lipinski definition) is 1. The maximum absolute atomic E-state index is 11.9. The molecule has 0 bridgehead atoms. The average Bonchev–Trinajstić information content (AvgIpc) is 2.58. The normalized spacial score (nSPS) is 18.3. The number of rotatable bonds is 3. The first-order valence-corrected chi connectivity index (χ1v) is 6.90. The highest BCUT2D eigenvalue weighted by Crippen LogP contribution is 2.33. The van der Waals surface area contributed by atoms with Gasteiger partial charge in [-0.2, -0.15) is 0 Å². The molecule has 5 heteroatoms. The average molecular weight is 289 g/mol. The fourth-order valence-corrected chi connectivity index (χ4v) is 3.04. The number of hydrogen-bond acceptors (Lipinski definition) is 3. The maximum atomic E-state index is 11.9. The zero-order valence-corrected chi connectivity index (χ0v) is 10.9. The number of halogens is 1. The molecule has 1 heterocycles. The van der Waals surface area contributed by atoms with Gasteiger partial charge < -0.3 is 5.32 Å². The predicted octanol–water partition coefficient (Wildman–Crippen LogP) is 2.50. The summed E-state index contributed by atoms with van der Waals surface area (Å²) in [6.07, 6.45) is 4.99. The Balaban J connectivity index is 2.03. The highest BCUT2D eigenvalue weighted by atomic mass is 79.9. The third kappa shape index (κ3) is 2.23. The Hall–Kier alpha value is -0.420. The summed E-state index contributed by atoms with van der Waals surface area (Å²) < 4.78 is 0. The van der Waals surface area contributed by atoms with E-state index in [0.29, 0.717) is 4.88 Å². The minimum Gasteiger partial charge on any atom is -0.345 e. The number of thiazole rings is 1. The molecule has 1 aliphatic carbocycles. The first-order valence-electron chi connectivity index (χ1n) is 4.96. The van der Waals surface area contributed by atoms with Crippen molar-refractivity contribution in [2.45, 2.75) is 31.7 Å². The van der Waals surface area contributed by atoms with E-state index >= 15 is 0 Å². The number of alkyl halides is 1. The zero-order valence-electron chi connectivity index (χ0n) is 8.55. The van der Waals surface area contributed by atoms with Crippen LogP contribution in [0.5, 0.6) is 0 Å². The smallest absolute Gasteiger partial charge is 0.263 e. The second kappa shape index (κ2) is 4.22. The van der Waals surface area contributed by atoms with Gasteiger partial charge in [0.25, 0.3) is 5.91 Å². The molecule has 0 spiro atoms. The van der Waals surface area contributed by atoms with Crippen LogP contribution in [0.15, 0.2) is 6.20 Å². The summed E-state index contributed by atoms with van der Waals surface area (Å²) >= 11 is 4.91. The second-order valence-corrected chi connectivity index (χ2v) is 5.76. The van der Waals surface area contributed by atoms with Crippen molar-refractivity contribution in [2.75, 3.05) is 5.33 Å². The van der Waals surface area contributed by atoms with Gasteiger partial charge in [0.2, 0.25) is 0 Å². The van der Waals surface area contributed by atoms with E-state index in [1.54, 1.807) is 6.20 Å². The van der Waals surface area contributed by atoms with Gasteiger partial charge in [-0.1, -0.05) is 15.9 Å². The van der Waals surface area contributed by atoms with Crippen molar-refractivity contribution in [3.05, 3.63) is 16.1 Å². The summed E-state index contributed by atoms with van der Waals surface area (Å²) in [5.74, 6) is 0.0137. The van der Waals surface area contributed by atoms with Crippen LogP contribution in [0.1, 0.15) is 33.9 Å². The quantitative estimate of drug-likeness (QED) is 0.869. The van der Waals surface area contributed by atoms with E-state index in [-0.39, 0.29) is 11.4 Å². The lowest BCUT2D eigenvalue weighted by molar-refractivity contribution is 0.0860. The summed E-state index contributed by atoms with van der Waals surface area (Å²) in [5, 5.41) is 4.86. The standard InChI is InChI=1S/C10H13BrN2OS/c1-7-12-5-8(15-7)9(14)13-10(6-11)3-2-4-10/h5H,2-4,6H2,1H3,(H,13,14). The Kier molecular flexibility index (Phi) is 3.11. The number of carbonyl (C=O) groups is 1. The fraction of sp³-hybridized carbons (Fsp3) is 0.600. The van der Waals surface area contributed by atoms with Crippen LogP contribution in [0.4, 0.5) is 0 Å². The highest BCUT2D eigenvalue weighted by molar-refractivity contribution is 9.09. The Morgan fingerprint density at radius 1 is 1.73 bits per heavy atom. The van der Waals surface area contributed by atoms with Crippen LogP contribution in [0.25, 0.3) is 0 Å². The van der Waals surface area contributed by atoms with Gasteiger partial charge in [-0.25, -0.2) is 4.98 Å². The Morgan fingerprint density at radius 3 is 2.87 bits per heavy atom. The molecular formula is C10H13BrN2OS. The largest absolute Gasteiger partial charge is 0.345 e. The number of amides is 1. The summed E-state index contributed by atoms with van der Waals surface area (Å²) in [4.78, 5) is 16.7. The summed E-state index contributed by atoms with van der Waals surface area (Å²) in [6, 6.07) is 0. The third-order valence-electron chi connectivity index (χ3n) is 2.79. The summed E-state index contributed by atoms with van der Waals surface area (Å²) in [6.45, 7) is 1.91. The lowest BCUT2D eigenvalue weighted by atomic mass is 9.78. The van der Waals surface area contributed by atoms with Crippen LogP contribution in [0, 0.1) is 6.92 Å². The molecule has 1 saturated carbocycles. The molecular weight excluding hydrogens is 276 g/mol. The molecule has 0 radical (unpaired) electrons. The molecule has 0 unspecified atom stereocenters. The first-order chi connectivity index (χ1) is 7.15. The van der Waals surface area contributed by atoms with Crippen molar-refractivity contribution in [1.82, 2.24) is 10.3 Å². The minimum absolute atomic E-state index is 0.00498. The van der Waals surface area contributed by atoms with E-state index in [9.17, 15) is 4.79 Å². The lowest BCUT2D eigenvalue weighted by Gasteiger charge is -2.41. The van der Waals surface area contributed by atoms with E-state index in [1.807, 2.05) is 6.92 Å². The molecule has 0 aromatic carbocycles. The van der Waals surface area contributed by atoms with Crippen molar-refractivity contribution >= 4 is 33.2 Å². The topological polar surface area (TPSA) is 42.0 Å². The third-order valence-corrected chi connectivity index (χ3v) is 4.78. The van der Waals surface area contributed by atoms with Gasteiger partial charge in [0.1, 0.15) is 4.88 Å². The van der Waals surface area contributed by atoms with Gasteiger partial charge in [-0.3, -0.25) is 4.79 Å². The monoisotopic (exact) mass is 288 g/mol. The van der Waals surface area contributed by atoms with Crippen LogP contribution >= 0.6 is 27.3 Å². The summed E-state index contributed by atoms with van der Waals surface area (Å²) in [7, 11) is 0. The van der Waals surface area contributed by atoms with Gasteiger partial charge in [0.05, 0.1) is 16.7 Å². The molecule has 82 valence electrons. The molecule has 0 atom stereocenters. The molecule has 3 nitrogen and oxygen atoms in total. The van der Waals surface area contributed by atoms with Crippen LogP contribution in [0.3, 0.4) is 0 Å². The van der Waals surface area contributed by atoms with Crippen LogP contribution in [0.2, 0.25) is 0 Å². The van der Waals surface area contributed by atoms with E-state index in [0.717, 1.165) is 23.2 Å². The van der Waals surface area contributed by atoms with Gasteiger partial charge in [0, 0.05) is 5.33 Å². The Labute approximate surface area is 101 Å². The number of aryl methyl sites for hydroxylation is 1. The van der Waals surface area contributed by atoms with Crippen molar-refractivity contribution in [3.63, 3.8) is 0 Å². The molecule has 1 aliphatic rings. The fourth-order valence-electron chi connectivity index (χ4n) is 1.66. The summed E-state index contributed by atoms with van der Waals surface area (Å²) in [5.41, 5.74) is -0.00498. The van der Waals surface area contributed by atoms with Crippen LogP contribution < -0.4 is 5.32 Å². The molecule has 1 fully saturated rings. The van der Waals surface area contributed by atoms with Crippen LogP contribution in [-0.2, 0) is 0 Å². The molecule has 1 aromatic heterocycles. The first kappa shape index (κ1) is 11.1. The van der Waals surface area contributed by atoms with Crippen molar-refractivity contribution in [2.24, 2.45) is 0 Å². The van der Waals surface area contributed by atoms with Crippen molar-refractivity contribution in [1.29, 1.82) is 0 Å². The molecule has 0 saturated heterocycles. The zero-order chi connectivity index (χ0) is 10.9. The number of nitrogens with one attached hydrogen (secondary N) is 1. The number of carbonyl (C=O) groups excluding carboxylic acids is 1. The van der Waals surface area contributed by atoms with Gasteiger partial charge in [-0.05, 0) is 26.2 Å². The molecule has 1 N–H and O–H groups in total. The minimum atomic E-state index is -0.00498. The van der Waals surface area contributed by atoms with E-state index in [1.165, 1.54) is 17.8 Å². The molecule has 1 amide bonds. The second-order valence-electron chi connectivity index (χ2n) is 3.97. The highest BCUT2D eigenvalue weighted by Gasteiger charge is 2.37. The van der Waals surface area contributed by atoms with E-state index in [2.05, 4.69) is 26.2 Å². The lowest BCUT2D eigenvalue weighted by Crippen LogP contribution is -2.54. The molecule has 2 rings (SSSR count). The Bertz CT molecular complexity index is 368. The number of nitrogens with zero attached hydrogens (tertiary/aromatic N) is 1. The van der Waals surface area contributed by atoms with E-state index in [4.69, 9.17) is 0 Å². The van der Waals surface area contributed by atoms with E-state index < -0.39 is 0 Å². The molecule has 1 aromatic rings. The maximum Gasteiger partial charge on any atom is 0.263 e. The van der Waals surface area contributed by atoms with Crippen LogP contribution in [-0.4, -0.2) is 21.8 Å². The van der Waals surface area contributed by atoms with Gasteiger partial charge in [0.15, 0.2) is 0 Å². The van der Waals surface area contributed by atoms with Crippen molar-refractivity contribution in [3.8, 4) is 0 Å². The molecule has 0 aliphatic heterocycles. The van der Waals surface area contributed by atoms with Crippen molar-refractivity contribution < 1.29 is 4.79 Å². The number of aromatic nitrogens is 1. The Morgan fingerprint density at radius 2 is 2.47 bits per heavy atom. The van der Waals surface area contributed by atoms with Gasteiger partial charge >= 0.3 is 0 Å². The van der Waals surface area contributed by atoms with Gasteiger partial charge in [-0.15, -0.1) is 11.3 Å².